The van der Waals surface area contributed by atoms with Crippen molar-refractivity contribution in [1.29, 1.82) is 0 Å². The highest BCUT2D eigenvalue weighted by Crippen LogP contribution is 2.25. The Bertz CT molecular complexity index is 369. The maximum absolute atomic E-state index is 11.1. The van der Waals surface area contributed by atoms with Crippen molar-refractivity contribution in [3.8, 4) is 0 Å². The van der Waals surface area contributed by atoms with Gasteiger partial charge in [-0.15, -0.1) is 0 Å². The molecule has 0 saturated carbocycles. The number of hydrogen-bond acceptors (Lipinski definition) is 4. The van der Waals surface area contributed by atoms with Gasteiger partial charge in [0.1, 0.15) is 6.04 Å². The van der Waals surface area contributed by atoms with Crippen LogP contribution in [0.15, 0.2) is 0 Å². The number of likely N-dealkylation sites (tertiary alicyclic amines) is 1. The molecule has 1 rings (SSSR count). The monoisotopic (exact) mass is 264 g/mol. The Kier molecular flexibility index (Phi) is 4.91. The van der Waals surface area contributed by atoms with E-state index in [0.717, 1.165) is 12.8 Å². The molecular weight excluding hydrogens is 244 g/mol. The van der Waals surface area contributed by atoms with E-state index < -0.39 is 22.0 Å². The van der Waals surface area contributed by atoms with Crippen LogP contribution in [0.25, 0.3) is 0 Å². The smallest absolute Gasteiger partial charge is 0.320 e. The zero-order valence-electron chi connectivity index (χ0n) is 10.0. The highest BCUT2D eigenvalue weighted by Gasteiger charge is 2.32. The molecule has 0 radical (unpaired) electrons. The largest absolute Gasteiger partial charge is 0.480 e. The molecule has 0 bridgehead atoms. The Morgan fingerprint density at radius 3 is 2.65 bits per heavy atom. The summed E-state index contributed by atoms with van der Waals surface area (Å²) in [5.41, 5.74) is 0. The molecule has 0 amide bonds. The second-order valence-electron chi connectivity index (χ2n) is 4.56. The van der Waals surface area contributed by atoms with Gasteiger partial charge in [0.05, 0.1) is 5.75 Å². The molecule has 1 saturated heterocycles. The SMILES string of the molecule is CCC1CCN(CCS(N)(=O)=O)C(C(=O)O)C1. The molecule has 1 aliphatic heterocycles. The third-order valence-corrected chi connectivity index (χ3v) is 4.10. The molecule has 6 nitrogen and oxygen atoms in total. The zero-order valence-corrected chi connectivity index (χ0v) is 10.8. The lowest BCUT2D eigenvalue weighted by molar-refractivity contribution is -0.145. The number of primary sulfonamides is 1. The van der Waals surface area contributed by atoms with E-state index in [4.69, 9.17) is 10.2 Å². The predicted octanol–water partition coefficient (Wildman–Crippen LogP) is -0.150. The van der Waals surface area contributed by atoms with E-state index in [1.54, 1.807) is 4.90 Å². The Morgan fingerprint density at radius 2 is 2.18 bits per heavy atom. The maximum atomic E-state index is 11.1. The van der Waals surface area contributed by atoms with Crippen molar-refractivity contribution in [1.82, 2.24) is 4.90 Å². The van der Waals surface area contributed by atoms with E-state index in [1.807, 2.05) is 6.92 Å². The van der Waals surface area contributed by atoms with Gasteiger partial charge >= 0.3 is 5.97 Å². The first-order valence-electron chi connectivity index (χ1n) is 5.80. The standard InChI is InChI=1S/C10H20N2O4S/c1-2-8-3-4-12(5-6-17(11,15)16)9(7-8)10(13)14/h8-9H,2-7H2,1H3,(H,13,14)(H2,11,15,16). The van der Waals surface area contributed by atoms with Gasteiger partial charge in [-0.1, -0.05) is 13.3 Å². The summed E-state index contributed by atoms with van der Waals surface area (Å²) in [7, 11) is -3.53. The molecule has 0 aromatic heterocycles. The second kappa shape index (κ2) is 5.79. The molecule has 0 spiro atoms. The van der Waals surface area contributed by atoms with Crippen LogP contribution in [0.5, 0.6) is 0 Å². The van der Waals surface area contributed by atoms with E-state index in [-0.39, 0.29) is 12.3 Å². The molecule has 2 unspecified atom stereocenters. The van der Waals surface area contributed by atoms with Crippen molar-refractivity contribution in [3.05, 3.63) is 0 Å². The Hall–Kier alpha value is -0.660. The average Bonchev–Trinajstić information content (AvgIpc) is 2.25. The summed E-state index contributed by atoms with van der Waals surface area (Å²) in [6.45, 7) is 2.88. The number of aliphatic carboxylic acids is 1. The summed E-state index contributed by atoms with van der Waals surface area (Å²) in [5, 5.41) is 14.1. The molecule has 7 heteroatoms. The van der Waals surface area contributed by atoms with Crippen LogP contribution < -0.4 is 5.14 Å². The number of carboxylic acid groups (broad SMARTS) is 1. The first-order chi connectivity index (χ1) is 7.83. The minimum absolute atomic E-state index is 0.187. The van der Waals surface area contributed by atoms with Gasteiger partial charge in [-0.25, -0.2) is 13.6 Å². The molecule has 0 aliphatic carbocycles. The maximum Gasteiger partial charge on any atom is 0.320 e. The molecular formula is C10H20N2O4S. The van der Waals surface area contributed by atoms with Crippen LogP contribution in [0.1, 0.15) is 26.2 Å². The molecule has 2 atom stereocenters. The molecule has 1 fully saturated rings. The van der Waals surface area contributed by atoms with E-state index in [0.29, 0.717) is 18.9 Å². The number of nitrogens with two attached hydrogens (primary N) is 1. The van der Waals surface area contributed by atoms with E-state index in [2.05, 4.69) is 0 Å². The summed E-state index contributed by atoms with van der Waals surface area (Å²) in [6.07, 6.45) is 2.48. The summed E-state index contributed by atoms with van der Waals surface area (Å²) < 4.78 is 21.7. The van der Waals surface area contributed by atoms with Crippen molar-refractivity contribution >= 4 is 16.0 Å². The lowest BCUT2D eigenvalue weighted by Gasteiger charge is -2.36. The fraction of sp³-hybridized carbons (Fsp3) is 0.900. The Labute approximate surface area is 102 Å². The van der Waals surface area contributed by atoms with Gasteiger partial charge in [-0.05, 0) is 25.3 Å². The third kappa shape index (κ3) is 4.61. The van der Waals surface area contributed by atoms with Crippen molar-refractivity contribution in [3.63, 3.8) is 0 Å². The normalized spacial score (nSPS) is 26.9. The zero-order chi connectivity index (χ0) is 13.1. The van der Waals surface area contributed by atoms with Gasteiger partial charge < -0.3 is 5.11 Å². The van der Waals surface area contributed by atoms with Gasteiger partial charge in [0.15, 0.2) is 0 Å². The number of sulfonamides is 1. The molecule has 1 heterocycles. The fourth-order valence-corrected chi connectivity index (χ4v) is 2.72. The topological polar surface area (TPSA) is 101 Å². The first kappa shape index (κ1) is 14.4. The summed E-state index contributed by atoms with van der Waals surface area (Å²) >= 11 is 0. The molecule has 100 valence electrons. The minimum atomic E-state index is -3.53. The lowest BCUT2D eigenvalue weighted by atomic mass is 9.89. The quantitative estimate of drug-likeness (QED) is 0.719. The van der Waals surface area contributed by atoms with Gasteiger partial charge in [0.25, 0.3) is 0 Å². The van der Waals surface area contributed by atoms with Crippen LogP contribution in [-0.2, 0) is 14.8 Å². The van der Waals surface area contributed by atoms with Gasteiger partial charge in [0, 0.05) is 6.54 Å². The van der Waals surface area contributed by atoms with Crippen LogP contribution in [0, 0.1) is 5.92 Å². The fourth-order valence-electron chi connectivity index (χ4n) is 2.23. The van der Waals surface area contributed by atoms with E-state index >= 15 is 0 Å². The van der Waals surface area contributed by atoms with Crippen LogP contribution in [0.3, 0.4) is 0 Å². The van der Waals surface area contributed by atoms with Crippen molar-refractivity contribution in [2.75, 3.05) is 18.8 Å². The van der Waals surface area contributed by atoms with Crippen molar-refractivity contribution in [2.45, 2.75) is 32.2 Å². The lowest BCUT2D eigenvalue weighted by Crippen LogP contribution is -2.49. The van der Waals surface area contributed by atoms with Crippen molar-refractivity contribution < 1.29 is 18.3 Å². The summed E-state index contributed by atoms with van der Waals surface area (Å²) in [6, 6.07) is -0.574. The average molecular weight is 264 g/mol. The Balaban J connectivity index is 2.61. The van der Waals surface area contributed by atoms with Crippen molar-refractivity contribution in [2.24, 2.45) is 11.1 Å². The second-order valence-corrected chi connectivity index (χ2v) is 6.29. The molecule has 1 aliphatic rings. The summed E-state index contributed by atoms with van der Waals surface area (Å²) in [5.74, 6) is -0.646. The number of rotatable bonds is 5. The summed E-state index contributed by atoms with van der Waals surface area (Å²) in [4.78, 5) is 12.8. The molecule has 3 N–H and O–H groups in total. The molecule has 17 heavy (non-hydrogen) atoms. The van der Waals surface area contributed by atoms with Crippen LogP contribution in [-0.4, -0.2) is 49.3 Å². The number of carboxylic acids is 1. The highest BCUT2D eigenvalue weighted by molar-refractivity contribution is 7.89. The number of piperidine rings is 1. The number of carbonyl (C=O) groups is 1. The third-order valence-electron chi connectivity index (χ3n) is 3.35. The highest BCUT2D eigenvalue weighted by atomic mass is 32.2. The van der Waals surface area contributed by atoms with E-state index in [9.17, 15) is 13.2 Å². The molecule has 0 aromatic carbocycles. The van der Waals surface area contributed by atoms with Crippen LogP contribution in [0.4, 0.5) is 0 Å². The van der Waals surface area contributed by atoms with Gasteiger partial charge in [-0.2, -0.15) is 0 Å². The van der Waals surface area contributed by atoms with Gasteiger partial charge in [-0.3, -0.25) is 9.69 Å². The molecule has 0 aromatic rings. The number of nitrogens with zero attached hydrogens (tertiary/aromatic N) is 1. The Morgan fingerprint density at radius 1 is 1.53 bits per heavy atom. The van der Waals surface area contributed by atoms with Crippen LogP contribution in [0.2, 0.25) is 0 Å². The van der Waals surface area contributed by atoms with Crippen LogP contribution >= 0.6 is 0 Å². The predicted molar refractivity (Wildman–Crippen MR) is 64.0 cm³/mol. The minimum Gasteiger partial charge on any atom is -0.480 e. The van der Waals surface area contributed by atoms with Gasteiger partial charge in [0.2, 0.25) is 10.0 Å². The first-order valence-corrected chi connectivity index (χ1v) is 7.52. The van der Waals surface area contributed by atoms with E-state index in [1.165, 1.54) is 0 Å². The number of hydrogen-bond donors (Lipinski definition) is 2.